The number of methoxy groups -OCH3 is 2. The van der Waals surface area contributed by atoms with Gasteiger partial charge >= 0.3 is 5.63 Å². The number of carbonyl (C=O) groups excluding carboxylic acids is 1. The lowest BCUT2D eigenvalue weighted by atomic mass is 10.1. The molecule has 8 nitrogen and oxygen atoms in total. The van der Waals surface area contributed by atoms with Crippen LogP contribution in [-0.2, 0) is 0 Å². The summed E-state index contributed by atoms with van der Waals surface area (Å²) < 4.78 is 15.1. The molecule has 0 spiro atoms. The molecule has 0 aliphatic heterocycles. The van der Waals surface area contributed by atoms with Gasteiger partial charge in [0, 0.05) is 23.4 Å². The van der Waals surface area contributed by atoms with Crippen molar-refractivity contribution in [3.8, 4) is 22.8 Å². The van der Waals surface area contributed by atoms with Crippen molar-refractivity contribution in [2.24, 2.45) is 4.99 Å². The molecular formula is C19H15N2O6-. The first-order valence-electron chi connectivity index (χ1n) is 7.83. The highest BCUT2D eigenvalue weighted by Gasteiger charge is 2.14. The molecule has 0 fully saturated rings. The summed E-state index contributed by atoms with van der Waals surface area (Å²) in [4.78, 5) is 27.6. The van der Waals surface area contributed by atoms with Gasteiger partial charge in [0.05, 0.1) is 31.6 Å². The van der Waals surface area contributed by atoms with E-state index in [9.17, 15) is 14.7 Å². The molecule has 3 rings (SSSR count). The van der Waals surface area contributed by atoms with Crippen LogP contribution in [0.4, 0.5) is 5.69 Å². The molecule has 1 aromatic heterocycles. The minimum atomic E-state index is -1.44. The number of nitrogens with zero attached hydrogens (tertiary/aromatic N) is 1. The van der Waals surface area contributed by atoms with E-state index in [1.165, 1.54) is 32.6 Å². The Hall–Kier alpha value is -3.81. The van der Waals surface area contributed by atoms with Gasteiger partial charge in [-0.1, -0.05) is 30.3 Å². The Morgan fingerprint density at radius 1 is 1.15 bits per heavy atom. The maximum Gasteiger partial charge on any atom is 0.366 e. The second-order valence-electron chi connectivity index (χ2n) is 5.42. The average molecular weight is 367 g/mol. The number of hydrogen-bond donors (Lipinski definition) is 1. The Morgan fingerprint density at radius 2 is 1.81 bits per heavy atom. The number of hydrogen-bond acceptors (Lipinski definition) is 7. The highest BCUT2D eigenvalue weighted by molar-refractivity contribution is 5.96. The lowest BCUT2D eigenvalue weighted by molar-refractivity contribution is -0.254. The standard InChI is InChI=1S/C19H16N2O6/c1-25-15-8-12(18(22)23)14(9-16(15)26-2)20-10-13-17(21-27-19(13)24)11-6-4-3-5-7-11/h3-10,21H,1-2H3,(H,22,23)/p-1. The van der Waals surface area contributed by atoms with Gasteiger partial charge < -0.3 is 23.9 Å². The van der Waals surface area contributed by atoms with Gasteiger partial charge in [-0.05, 0) is 6.07 Å². The number of benzene rings is 2. The van der Waals surface area contributed by atoms with Gasteiger partial charge in [0.25, 0.3) is 0 Å². The van der Waals surface area contributed by atoms with Crippen LogP contribution in [0.1, 0.15) is 15.9 Å². The number of aromatic amines is 1. The zero-order valence-electron chi connectivity index (χ0n) is 14.5. The Bertz CT molecular complexity index is 1050. The topological polar surface area (TPSA) is 117 Å². The quantitative estimate of drug-likeness (QED) is 0.664. The number of carbonyl (C=O) groups is 1. The summed E-state index contributed by atoms with van der Waals surface area (Å²) in [5.74, 6) is -0.923. The van der Waals surface area contributed by atoms with E-state index in [1.807, 2.05) is 18.2 Å². The lowest BCUT2D eigenvalue weighted by Gasteiger charge is -2.13. The predicted molar refractivity (Wildman–Crippen MR) is 95.9 cm³/mol. The average Bonchev–Trinajstić information content (AvgIpc) is 3.06. The van der Waals surface area contributed by atoms with E-state index < -0.39 is 11.6 Å². The van der Waals surface area contributed by atoms with Crippen molar-refractivity contribution in [1.82, 2.24) is 5.16 Å². The fourth-order valence-corrected chi connectivity index (χ4v) is 2.52. The number of aliphatic imine (C=N–C) groups is 1. The summed E-state index contributed by atoms with van der Waals surface area (Å²) in [5, 5.41) is 14.0. The van der Waals surface area contributed by atoms with Crippen molar-refractivity contribution < 1.29 is 23.9 Å². The maximum atomic E-state index is 12.0. The van der Waals surface area contributed by atoms with E-state index in [0.29, 0.717) is 11.4 Å². The van der Waals surface area contributed by atoms with Crippen molar-refractivity contribution in [3.63, 3.8) is 0 Å². The summed E-state index contributed by atoms with van der Waals surface area (Å²) in [6.45, 7) is 0. The zero-order valence-corrected chi connectivity index (χ0v) is 14.5. The first kappa shape index (κ1) is 18.0. The molecule has 1 heterocycles. The third-order valence-corrected chi connectivity index (χ3v) is 3.85. The van der Waals surface area contributed by atoms with Crippen molar-refractivity contribution in [2.75, 3.05) is 14.2 Å². The van der Waals surface area contributed by atoms with Crippen LogP contribution in [0.15, 0.2) is 56.8 Å². The van der Waals surface area contributed by atoms with Crippen LogP contribution in [0.5, 0.6) is 11.5 Å². The number of ether oxygens (including phenoxy) is 2. The second kappa shape index (κ2) is 7.61. The molecule has 0 atom stereocenters. The Kier molecular flexibility index (Phi) is 5.07. The van der Waals surface area contributed by atoms with Gasteiger partial charge in [0.2, 0.25) is 0 Å². The van der Waals surface area contributed by atoms with E-state index in [-0.39, 0.29) is 22.6 Å². The molecule has 0 saturated carbocycles. The summed E-state index contributed by atoms with van der Waals surface area (Å²) in [5.41, 5.74) is 0.516. The predicted octanol–water partition coefficient (Wildman–Crippen LogP) is 1.77. The van der Waals surface area contributed by atoms with E-state index in [0.717, 1.165) is 5.56 Å². The number of nitrogens with one attached hydrogen (secondary N) is 1. The minimum absolute atomic E-state index is 0.0484. The van der Waals surface area contributed by atoms with Gasteiger partial charge in [-0.15, -0.1) is 0 Å². The first-order valence-corrected chi connectivity index (χ1v) is 7.83. The third-order valence-electron chi connectivity index (χ3n) is 3.85. The van der Waals surface area contributed by atoms with Crippen molar-refractivity contribution in [1.29, 1.82) is 0 Å². The Balaban J connectivity index is 2.09. The second-order valence-corrected chi connectivity index (χ2v) is 5.42. The van der Waals surface area contributed by atoms with Gasteiger partial charge in [0.15, 0.2) is 11.5 Å². The number of rotatable bonds is 6. The maximum absolute atomic E-state index is 12.0. The largest absolute Gasteiger partial charge is 0.545 e. The molecule has 0 radical (unpaired) electrons. The molecule has 8 heteroatoms. The number of H-pyrrole nitrogens is 1. The number of aromatic nitrogens is 1. The highest BCUT2D eigenvalue weighted by Crippen LogP contribution is 2.34. The van der Waals surface area contributed by atoms with E-state index in [2.05, 4.69) is 10.1 Å². The molecule has 0 aliphatic rings. The fourth-order valence-electron chi connectivity index (χ4n) is 2.52. The monoisotopic (exact) mass is 367 g/mol. The molecule has 3 aromatic rings. The summed E-state index contributed by atoms with van der Waals surface area (Å²) in [6, 6.07) is 11.7. The van der Waals surface area contributed by atoms with Crippen LogP contribution in [0, 0.1) is 0 Å². The van der Waals surface area contributed by atoms with Gasteiger partial charge in [0.1, 0.15) is 5.56 Å². The van der Waals surface area contributed by atoms with Gasteiger partial charge in [-0.25, -0.2) is 9.95 Å². The van der Waals surface area contributed by atoms with Crippen LogP contribution in [-0.4, -0.2) is 31.6 Å². The first-order chi connectivity index (χ1) is 13.0. The van der Waals surface area contributed by atoms with E-state index in [4.69, 9.17) is 14.0 Å². The summed E-state index contributed by atoms with van der Waals surface area (Å²) >= 11 is 0. The van der Waals surface area contributed by atoms with Crippen LogP contribution < -0.4 is 20.2 Å². The van der Waals surface area contributed by atoms with E-state index >= 15 is 0 Å². The highest BCUT2D eigenvalue weighted by atomic mass is 16.5. The van der Waals surface area contributed by atoms with Crippen LogP contribution >= 0.6 is 0 Å². The molecule has 0 bridgehead atoms. The molecule has 138 valence electrons. The number of aromatic carboxylic acids is 1. The summed E-state index contributed by atoms with van der Waals surface area (Å²) in [6.07, 6.45) is 1.23. The Labute approximate surface area is 153 Å². The molecule has 1 N–H and O–H groups in total. The molecule has 0 saturated heterocycles. The van der Waals surface area contributed by atoms with Gasteiger partial charge in [-0.2, -0.15) is 0 Å². The van der Waals surface area contributed by atoms with E-state index in [1.54, 1.807) is 12.1 Å². The number of carboxylic acid groups (broad SMARTS) is 1. The minimum Gasteiger partial charge on any atom is -0.545 e. The van der Waals surface area contributed by atoms with Crippen LogP contribution in [0.25, 0.3) is 11.3 Å². The zero-order chi connectivity index (χ0) is 19.4. The molecule has 0 unspecified atom stereocenters. The smallest absolute Gasteiger partial charge is 0.366 e. The van der Waals surface area contributed by atoms with Gasteiger partial charge in [-0.3, -0.25) is 4.99 Å². The molecule has 0 aliphatic carbocycles. The summed E-state index contributed by atoms with van der Waals surface area (Å²) in [7, 11) is 2.80. The molecular weight excluding hydrogens is 352 g/mol. The SMILES string of the molecule is COc1cc(N=Cc2c(-c3ccccc3)[nH]oc2=O)c(C(=O)[O-])cc1OC. The molecule has 2 aromatic carbocycles. The molecule has 0 amide bonds. The van der Waals surface area contributed by atoms with Crippen LogP contribution in [0.2, 0.25) is 0 Å². The van der Waals surface area contributed by atoms with Crippen molar-refractivity contribution >= 4 is 17.9 Å². The van der Waals surface area contributed by atoms with Crippen molar-refractivity contribution in [3.05, 3.63) is 64.0 Å². The third kappa shape index (κ3) is 3.59. The molecule has 27 heavy (non-hydrogen) atoms. The lowest BCUT2D eigenvalue weighted by Crippen LogP contribution is -2.22. The Morgan fingerprint density at radius 3 is 2.44 bits per heavy atom. The number of carboxylic acids is 1. The normalized spacial score (nSPS) is 10.9. The van der Waals surface area contributed by atoms with Crippen LogP contribution in [0.3, 0.4) is 0 Å². The van der Waals surface area contributed by atoms with Crippen molar-refractivity contribution in [2.45, 2.75) is 0 Å². The fraction of sp³-hybridized carbons (Fsp3) is 0.105.